The summed E-state index contributed by atoms with van der Waals surface area (Å²) < 4.78 is 5.08. The van der Waals surface area contributed by atoms with E-state index < -0.39 is 0 Å². The third kappa shape index (κ3) is 3.15. The summed E-state index contributed by atoms with van der Waals surface area (Å²) in [7, 11) is 1.61. The second kappa shape index (κ2) is 6.61. The molecule has 0 fully saturated rings. The van der Waals surface area contributed by atoms with Gasteiger partial charge in [-0.25, -0.2) is 0 Å². The van der Waals surface area contributed by atoms with E-state index in [1.807, 2.05) is 13.8 Å². The Morgan fingerprint density at radius 3 is 2.78 bits per heavy atom. The van der Waals surface area contributed by atoms with Crippen molar-refractivity contribution in [3.8, 4) is 0 Å². The van der Waals surface area contributed by atoms with Crippen LogP contribution in [0.25, 0.3) is 0 Å². The minimum atomic E-state index is -0.123. The van der Waals surface area contributed by atoms with Crippen LogP contribution in [-0.2, 0) is 4.74 Å². The molecular formula is C13H19ClN2O2. The van der Waals surface area contributed by atoms with Gasteiger partial charge in [0.15, 0.2) is 0 Å². The van der Waals surface area contributed by atoms with Gasteiger partial charge >= 0.3 is 0 Å². The molecule has 0 spiro atoms. The van der Waals surface area contributed by atoms with Gasteiger partial charge in [-0.05, 0) is 26.0 Å². The number of carbonyl (C=O) groups excluding carboxylic acids is 1. The van der Waals surface area contributed by atoms with E-state index in [1.165, 1.54) is 0 Å². The number of anilines is 1. The van der Waals surface area contributed by atoms with Crippen LogP contribution in [0.1, 0.15) is 24.2 Å². The van der Waals surface area contributed by atoms with Crippen molar-refractivity contribution in [3.05, 3.63) is 28.8 Å². The molecule has 1 atom stereocenters. The molecule has 0 aliphatic heterocycles. The third-order valence-corrected chi connectivity index (χ3v) is 3.15. The number of halogens is 1. The molecule has 0 heterocycles. The van der Waals surface area contributed by atoms with Gasteiger partial charge in [-0.3, -0.25) is 4.79 Å². The van der Waals surface area contributed by atoms with Crippen molar-refractivity contribution in [1.29, 1.82) is 0 Å². The molecule has 0 aromatic heterocycles. The first-order valence-electron chi connectivity index (χ1n) is 5.86. The quantitative estimate of drug-likeness (QED) is 0.836. The zero-order valence-corrected chi connectivity index (χ0v) is 11.7. The minimum absolute atomic E-state index is 0.00844. The number of benzene rings is 1. The first kappa shape index (κ1) is 14.8. The number of rotatable bonds is 5. The van der Waals surface area contributed by atoms with Gasteiger partial charge < -0.3 is 15.4 Å². The number of nitrogens with two attached hydrogens (primary N) is 1. The van der Waals surface area contributed by atoms with Crippen molar-refractivity contribution in [2.75, 3.05) is 26.0 Å². The molecule has 18 heavy (non-hydrogen) atoms. The topological polar surface area (TPSA) is 55.6 Å². The lowest BCUT2D eigenvalue weighted by Gasteiger charge is -2.28. The molecule has 1 unspecified atom stereocenters. The summed E-state index contributed by atoms with van der Waals surface area (Å²) in [6.07, 6.45) is 0. The number of nitrogens with zero attached hydrogens (tertiary/aromatic N) is 1. The average molecular weight is 271 g/mol. The SMILES string of the molecule is CCN(C(=O)c1cccc(Cl)c1N)C(C)COC. The molecule has 4 nitrogen and oxygen atoms in total. The van der Waals surface area contributed by atoms with Gasteiger partial charge in [-0.2, -0.15) is 0 Å². The molecule has 2 N–H and O–H groups in total. The van der Waals surface area contributed by atoms with Crippen LogP contribution in [0.15, 0.2) is 18.2 Å². The van der Waals surface area contributed by atoms with Crippen LogP contribution in [0.3, 0.4) is 0 Å². The maximum Gasteiger partial charge on any atom is 0.256 e. The fraction of sp³-hybridized carbons (Fsp3) is 0.462. The van der Waals surface area contributed by atoms with Gasteiger partial charge in [0, 0.05) is 13.7 Å². The second-order valence-corrected chi connectivity index (χ2v) is 4.50. The van der Waals surface area contributed by atoms with Gasteiger partial charge in [0.2, 0.25) is 0 Å². The molecule has 0 aliphatic carbocycles. The number of ether oxygens (including phenoxy) is 1. The van der Waals surface area contributed by atoms with Crippen LogP contribution in [0.5, 0.6) is 0 Å². The van der Waals surface area contributed by atoms with Gasteiger partial charge in [0.05, 0.1) is 28.9 Å². The molecule has 1 amide bonds. The Balaban J connectivity index is 3.00. The molecule has 0 saturated carbocycles. The van der Waals surface area contributed by atoms with Gasteiger partial charge in [-0.15, -0.1) is 0 Å². The van der Waals surface area contributed by atoms with Crippen LogP contribution in [-0.4, -0.2) is 37.1 Å². The lowest BCUT2D eigenvalue weighted by Crippen LogP contribution is -2.41. The lowest BCUT2D eigenvalue weighted by molar-refractivity contribution is 0.0580. The smallest absolute Gasteiger partial charge is 0.256 e. The van der Waals surface area contributed by atoms with Crippen LogP contribution in [0.2, 0.25) is 5.02 Å². The number of amides is 1. The Kier molecular flexibility index (Phi) is 5.44. The van der Waals surface area contributed by atoms with Crippen molar-refractivity contribution in [3.63, 3.8) is 0 Å². The highest BCUT2D eigenvalue weighted by Gasteiger charge is 2.22. The minimum Gasteiger partial charge on any atom is -0.397 e. The van der Waals surface area contributed by atoms with E-state index in [1.54, 1.807) is 30.2 Å². The highest BCUT2D eigenvalue weighted by Crippen LogP contribution is 2.24. The molecule has 1 aromatic carbocycles. The Morgan fingerprint density at radius 2 is 2.22 bits per heavy atom. The first-order valence-corrected chi connectivity index (χ1v) is 6.24. The number of likely N-dealkylation sites (N-methyl/N-ethyl adjacent to an activating group) is 1. The van der Waals surface area contributed by atoms with Crippen LogP contribution >= 0.6 is 11.6 Å². The molecule has 0 radical (unpaired) electrons. The summed E-state index contributed by atoms with van der Waals surface area (Å²) in [6, 6.07) is 5.07. The molecular weight excluding hydrogens is 252 g/mol. The van der Waals surface area contributed by atoms with Crippen molar-refractivity contribution >= 4 is 23.2 Å². The van der Waals surface area contributed by atoms with Crippen LogP contribution in [0.4, 0.5) is 5.69 Å². The first-order chi connectivity index (χ1) is 8.52. The van der Waals surface area contributed by atoms with Crippen molar-refractivity contribution in [2.24, 2.45) is 0 Å². The highest BCUT2D eigenvalue weighted by molar-refractivity contribution is 6.33. The zero-order valence-electron chi connectivity index (χ0n) is 10.9. The average Bonchev–Trinajstić information content (AvgIpc) is 2.33. The molecule has 0 bridgehead atoms. The fourth-order valence-electron chi connectivity index (χ4n) is 1.86. The van der Waals surface area contributed by atoms with Crippen LogP contribution < -0.4 is 5.73 Å². The van der Waals surface area contributed by atoms with Crippen molar-refractivity contribution in [2.45, 2.75) is 19.9 Å². The zero-order chi connectivity index (χ0) is 13.7. The molecule has 1 aromatic rings. The van der Waals surface area contributed by atoms with E-state index in [9.17, 15) is 4.79 Å². The molecule has 5 heteroatoms. The summed E-state index contributed by atoms with van der Waals surface area (Å²) in [6.45, 7) is 4.94. The molecule has 100 valence electrons. The normalized spacial score (nSPS) is 12.2. The summed E-state index contributed by atoms with van der Waals surface area (Å²) >= 11 is 5.93. The fourth-order valence-corrected chi connectivity index (χ4v) is 2.04. The molecule has 0 aliphatic rings. The Hall–Kier alpha value is -1.26. The number of nitrogen functional groups attached to an aromatic ring is 1. The van der Waals surface area contributed by atoms with E-state index in [0.717, 1.165) is 0 Å². The summed E-state index contributed by atoms with van der Waals surface area (Å²) in [4.78, 5) is 14.1. The number of hydrogen-bond donors (Lipinski definition) is 1. The van der Waals surface area contributed by atoms with E-state index in [4.69, 9.17) is 22.1 Å². The summed E-state index contributed by atoms with van der Waals surface area (Å²) in [5.74, 6) is -0.123. The number of hydrogen-bond acceptors (Lipinski definition) is 3. The maximum atomic E-state index is 12.4. The monoisotopic (exact) mass is 270 g/mol. The van der Waals surface area contributed by atoms with E-state index in [0.29, 0.717) is 29.4 Å². The van der Waals surface area contributed by atoms with Gasteiger partial charge in [-0.1, -0.05) is 17.7 Å². The second-order valence-electron chi connectivity index (χ2n) is 4.10. The largest absolute Gasteiger partial charge is 0.397 e. The standard InChI is InChI=1S/C13H19ClN2O2/c1-4-16(9(2)8-18-3)13(17)10-6-5-7-11(14)12(10)15/h5-7,9H,4,8,15H2,1-3H3. The van der Waals surface area contributed by atoms with Crippen molar-refractivity contribution in [1.82, 2.24) is 4.90 Å². The number of carbonyl (C=O) groups is 1. The summed E-state index contributed by atoms with van der Waals surface area (Å²) in [5, 5.41) is 0.399. The lowest BCUT2D eigenvalue weighted by atomic mass is 10.1. The molecule has 0 saturated heterocycles. The Labute approximate surface area is 113 Å². The Morgan fingerprint density at radius 1 is 1.56 bits per heavy atom. The van der Waals surface area contributed by atoms with E-state index in [2.05, 4.69) is 0 Å². The predicted octanol–water partition coefficient (Wildman–Crippen LogP) is 2.42. The highest BCUT2D eigenvalue weighted by atomic mass is 35.5. The van der Waals surface area contributed by atoms with Gasteiger partial charge in [0.25, 0.3) is 5.91 Å². The van der Waals surface area contributed by atoms with E-state index in [-0.39, 0.29) is 11.9 Å². The van der Waals surface area contributed by atoms with Gasteiger partial charge in [0.1, 0.15) is 0 Å². The maximum absolute atomic E-state index is 12.4. The van der Waals surface area contributed by atoms with Crippen LogP contribution in [0, 0.1) is 0 Å². The number of para-hydroxylation sites is 1. The molecule has 1 rings (SSSR count). The third-order valence-electron chi connectivity index (χ3n) is 2.82. The van der Waals surface area contributed by atoms with E-state index >= 15 is 0 Å². The Bertz CT molecular complexity index is 423. The summed E-state index contributed by atoms with van der Waals surface area (Å²) in [5.41, 5.74) is 6.60. The number of methoxy groups -OCH3 is 1. The predicted molar refractivity (Wildman–Crippen MR) is 73.9 cm³/mol. The van der Waals surface area contributed by atoms with Crippen molar-refractivity contribution < 1.29 is 9.53 Å².